The van der Waals surface area contributed by atoms with Gasteiger partial charge in [0.05, 0.1) is 31.6 Å². The minimum absolute atomic E-state index is 0.132. The van der Waals surface area contributed by atoms with E-state index in [1.54, 1.807) is 11.0 Å². The number of carbonyl (C=O) groups is 1. The first-order valence-electron chi connectivity index (χ1n) is 6.00. The lowest BCUT2D eigenvalue weighted by molar-refractivity contribution is -0.183. The lowest BCUT2D eigenvalue weighted by Gasteiger charge is -2.38. The van der Waals surface area contributed by atoms with Gasteiger partial charge in [-0.05, 0) is 24.1 Å². The zero-order valence-electron chi connectivity index (χ0n) is 9.86. The van der Waals surface area contributed by atoms with E-state index in [4.69, 9.17) is 25.5 Å². The number of ether oxygens (including phenoxy) is 2. The molecule has 5 nitrogen and oxygen atoms in total. The van der Waals surface area contributed by atoms with Gasteiger partial charge in [-0.1, -0.05) is 0 Å². The Morgan fingerprint density at radius 1 is 1.39 bits per heavy atom. The number of rotatable bonds is 1. The van der Waals surface area contributed by atoms with Gasteiger partial charge in [0.15, 0.2) is 5.79 Å². The molecular weight excluding hydrogens is 258 g/mol. The molecule has 0 atom stereocenters. The van der Waals surface area contributed by atoms with E-state index in [-0.39, 0.29) is 11.1 Å². The lowest BCUT2D eigenvalue weighted by atomic mass is 10.0. The molecule has 2 aliphatic rings. The zero-order chi connectivity index (χ0) is 12.6. The Hall–Kier alpha value is -1.04. The summed E-state index contributed by atoms with van der Waals surface area (Å²) >= 11 is 5.83. The molecule has 2 saturated heterocycles. The molecule has 6 heteroatoms. The highest BCUT2D eigenvalue weighted by Crippen LogP contribution is 2.31. The van der Waals surface area contributed by atoms with Gasteiger partial charge in [0.25, 0.3) is 5.91 Å². The molecule has 0 bridgehead atoms. The van der Waals surface area contributed by atoms with Gasteiger partial charge < -0.3 is 18.8 Å². The van der Waals surface area contributed by atoms with Crippen LogP contribution >= 0.6 is 11.6 Å². The molecule has 1 aromatic heterocycles. The Labute approximate surface area is 110 Å². The maximum absolute atomic E-state index is 12.3. The van der Waals surface area contributed by atoms with Crippen molar-refractivity contribution in [1.82, 2.24) is 4.90 Å². The Balaban J connectivity index is 1.76. The Morgan fingerprint density at radius 2 is 2.17 bits per heavy atom. The van der Waals surface area contributed by atoms with E-state index in [9.17, 15) is 4.79 Å². The molecule has 2 aliphatic heterocycles. The van der Waals surface area contributed by atoms with E-state index in [0.29, 0.717) is 31.9 Å². The number of halogens is 1. The maximum atomic E-state index is 12.3. The number of nitrogens with zero attached hydrogens (tertiary/aromatic N) is 1. The number of furan rings is 1. The summed E-state index contributed by atoms with van der Waals surface area (Å²) < 4.78 is 16.2. The van der Waals surface area contributed by atoms with Crippen LogP contribution in [-0.2, 0) is 9.47 Å². The Bertz CT molecular complexity index is 453. The van der Waals surface area contributed by atoms with E-state index >= 15 is 0 Å². The fourth-order valence-corrected chi connectivity index (χ4v) is 2.71. The van der Waals surface area contributed by atoms with Crippen molar-refractivity contribution in [2.45, 2.75) is 18.6 Å². The second kappa shape index (κ2) is 4.57. The molecule has 0 N–H and O–H groups in total. The number of piperidine rings is 1. The molecule has 0 saturated carbocycles. The normalized spacial score (nSPS) is 22.6. The summed E-state index contributed by atoms with van der Waals surface area (Å²) in [7, 11) is 0. The highest BCUT2D eigenvalue weighted by atomic mass is 35.5. The average molecular weight is 272 g/mol. The van der Waals surface area contributed by atoms with Crippen LogP contribution in [0.1, 0.15) is 23.2 Å². The van der Waals surface area contributed by atoms with Crippen molar-refractivity contribution in [2.75, 3.05) is 26.3 Å². The van der Waals surface area contributed by atoms with Crippen LogP contribution in [0.4, 0.5) is 0 Å². The van der Waals surface area contributed by atoms with E-state index < -0.39 is 5.79 Å². The molecule has 3 rings (SSSR count). The van der Waals surface area contributed by atoms with Crippen molar-refractivity contribution in [2.24, 2.45) is 0 Å². The van der Waals surface area contributed by atoms with Crippen molar-refractivity contribution in [3.8, 4) is 0 Å². The number of likely N-dealkylation sites (tertiary alicyclic amines) is 1. The second-order valence-corrected chi connectivity index (χ2v) is 4.89. The van der Waals surface area contributed by atoms with Crippen LogP contribution in [0.5, 0.6) is 0 Å². The second-order valence-electron chi connectivity index (χ2n) is 4.55. The molecule has 0 radical (unpaired) electrons. The number of hydrogen-bond donors (Lipinski definition) is 0. The molecule has 0 aromatic carbocycles. The third kappa shape index (κ3) is 2.02. The monoisotopic (exact) mass is 271 g/mol. The van der Waals surface area contributed by atoms with Crippen LogP contribution < -0.4 is 0 Å². The Morgan fingerprint density at radius 3 is 2.83 bits per heavy atom. The molecule has 0 unspecified atom stereocenters. The zero-order valence-corrected chi connectivity index (χ0v) is 10.6. The van der Waals surface area contributed by atoms with Gasteiger partial charge in [-0.25, -0.2) is 0 Å². The Kier molecular flexibility index (Phi) is 3.05. The summed E-state index contributed by atoms with van der Waals surface area (Å²) in [6.45, 7) is 2.32. The van der Waals surface area contributed by atoms with Crippen LogP contribution in [0.2, 0.25) is 5.22 Å². The van der Waals surface area contributed by atoms with Crippen molar-refractivity contribution in [1.29, 1.82) is 0 Å². The van der Waals surface area contributed by atoms with Crippen LogP contribution in [0.25, 0.3) is 0 Å². The first-order chi connectivity index (χ1) is 8.70. The summed E-state index contributed by atoms with van der Waals surface area (Å²) in [5, 5.41) is 0.132. The van der Waals surface area contributed by atoms with Gasteiger partial charge in [0, 0.05) is 13.0 Å². The molecular formula is C12H14ClNO4. The van der Waals surface area contributed by atoms with E-state index in [0.717, 1.165) is 12.8 Å². The third-order valence-corrected chi connectivity index (χ3v) is 3.66. The predicted molar refractivity (Wildman–Crippen MR) is 63.5 cm³/mol. The quantitative estimate of drug-likeness (QED) is 0.783. The SMILES string of the molecule is O=C(c1ccoc1Cl)N1CCCC2(C1)OCCO2. The molecule has 2 fully saturated rings. The molecule has 1 aromatic rings. The van der Waals surface area contributed by atoms with Crippen molar-refractivity contribution < 1.29 is 18.7 Å². The highest BCUT2D eigenvalue weighted by Gasteiger charge is 2.42. The molecule has 3 heterocycles. The van der Waals surface area contributed by atoms with Gasteiger partial charge in [-0.3, -0.25) is 4.79 Å². The fourth-order valence-electron chi connectivity index (χ4n) is 2.51. The largest absolute Gasteiger partial charge is 0.452 e. The van der Waals surface area contributed by atoms with Crippen LogP contribution in [0.15, 0.2) is 16.7 Å². The molecule has 0 aliphatic carbocycles. The number of amides is 1. The van der Waals surface area contributed by atoms with Gasteiger partial charge in [-0.2, -0.15) is 0 Å². The van der Waals surface area contributed by atoms with Gasteiger partial charge in [0.1, 0.15) is 0 Å². The minimum Gasteiger partial charge on any atom is -0.452 e. The minimum atomic E-state index is -0.607. The van der Waals surface area contributed by atoms with Crippen LogP contribution in [0, 0.1) is 0 Å². The van der Waals surface area contributed by atoms with Gasteiger partial charge in [0.2, 0.25) is 5.22 Å². The predicted octanol–water partition coefficient (Wildman–Crippen LogP) is 1.91. The van der Waals surface area contributed by atoms with E-state index in [1.807, 2.05) is 0 Å². The lowest BCUT2D eigenvalue weighted by Crippen LogP contribution is -2.51. The summed E-state index contributed by atoms with van der Waals surface area (Å²) in [5.74, 6) is -0.739. The third-order valence-electron chi connectivity index (χ3n) is 3.37. The van der Waals surface area contributed by atoms with Crippen molar-refractivity contribution in [3.63, 3.8) is 0 Å². The average Bonchev–Trinajstić information content (AvgIpc) is 2.98. The first kappa shape index (κ1) is 12.0. The standard InChI is InChI=1S/C12H14ClNO4/c13-10-9(2-5-16-10)11(15)14-4-1-3-12(8-14)17-6-7-18-12/h2,5H,1,3-4,6-8H2. The van der Waals surface area contributed by atoms with Gasteiger partial charge >= 0.3 is 0 Å². The molecule has 18 heavy (non-hydrogen) atoms. The number of hydrogen-bond acceptors (Lipinski definition) is 4. The number of carbonyl (C=O) groups excluding carboxylic acids is 1. The smallest absolute Gasteiger partial charge is 0.258 e. The van der Waals surface area contributed by atoms with Crippen LogP contribution in [-0.4, -0.2) is 42.9 Å². The van der Waals surface area contributed by atoms with Crippen LogP contribution in [0.3, 0.4) is 0 Å². The molecule has 1 amide bonds. The maximum Gasteiger partial charge on any atom is 0.258 e. The summed E-state index contributed by atoms with van der Waals surface area (Å²) in [6.07, 6.45) is 3.11. The van der Waals surface area contributed by atoms with Gasteiger partial charge in [-0.15, -0.1) is 0 Å². The summed E-state index contributed by atoms with van der Waals surface area (Å²) in [5.41, 5.74) is 0.395. The van der Waals surface area contributed by atoms with Crippen molar-refractivity contribution in [3.05, 3.63) is 23.1 Å². The van der Waals surface area contributed by atoms with Crippen molar-refractivity contribution >= 4 is 17.5 Å². The molecule has 98 valence electrons. The van der Waals surface area contributed by atoms with E-state index in [2.05, 4.69) is 0 Å². The summed E-state index contributed by atoms with van der Waals surface area (Å²) in [4.78, 5) is 14.0. The highest BCUT2D eigenvalue weighted by molar-refractivity contribution is 6.32. The summed E-state index contributed by atoms with van der Waals surface area (Å²) in [6, 6.07) is 1.59. The molecule has 1 spiro atoms. The first-order valence-corrected chi connectivity index (χ1v) is 6.38. The fraction of sp³-hybridized carbons (Fsp3) is 0.583. The van der Waals surface area contributed by atoms with E-state index in [1.165, 1.54) is 6.26 Å². The topological polar surface area (TPSA) is 51.9 Å².